The number of nitrogens with zero attached hydrogens (tertiary/aromatic N) is 3. The van der Waals surface area contributed by atoms with Crippen molar-refractivity contribution < 1.29 is 13.2 Å². The first-order chi connectivity index (χ1) is 14.1. The molecule has 0 aliphatic heterocycles. The van der Waals surface area contributed by atoms with E-state index in [1.54, 1.807) is 10.7 Å². The van der Waals surface area contributed by atoms with E-state index >= 15 is 0 Å². The summed E-state index contributed by atoms with van der Waals surface area (Å²) >= 11 is 5.52. The molecule has 0 bridgehead atoms. The van der Waals surface area contributed by atoms with Crippen LogP contribution in [0.25, 0.3) is 22.4 Å². The van der Waals surface area contributed by atoms with Crippen LogP contribution in [0.15, 0.2) is 23.1 Å². The van der Waals surface area contributed by atoms with Crippen molar-refractivity contribution in [3.63, 3.8) is 0 Å². The predicted octanol–water partition coefficient (Wildman–Crippen LogP) is 5.00. The average molecular weight is 469 g/mol. The van der Waals surface area contributed by atoms with Crippen molar-refractivity contribution in [2.75, 3.05) is 6.61 Å². The molecule has 30 heavy (non-hydrogen) atoms. The Morgan fingerprint density at radius 2 is 2.07 bits per heavy atom. The summed E-state index contributed by atoms with van der Waals surface area (Å²) < 4.78 is 31.9. The van der Waals surface area contributed by atoms with Crippen LogP contribution >= 0.6 is 22.9 Å². The maximum atomic E-state index is 11.9. The van der Waals surface area contributed by atoms with E-state index in [9.17, 15) is 8.42 Å². The minimum absolute atomic E-state index is 0.0310. The lowest BCUT2D eigenvalue weighted by Gasteiger charge is -2.13. The van der Waals surface area contributed by atoms with Gasteiger partial charge in [-0.15, -0.1) is 0 Å². The van der Waals surface area contributed by atoms with Crippen LogP contribution in [-0.4, -0.2) is 34.8 Å². The number of aryl methyl sites for hydroxylation is 2. The second-order valence-electron chi connectivity index (χ2n) is 7.56. The van der Waals surface area contributed by atoms with Crippen LogP contribution in [0.4, 0.5) is 0 Å². The van der Waals surface area contributed by atoms with Crippen LogP contribution in [0.3, 0.4) is 0 Å². The molecule has 7 nitrogen and oxygen atoms in total. The fraction of sp³-hybridized carbons (Fsp3) is 0.450. The number of ether oxygens (including phenoxy) is 1. The smallest absolute Gasteiger partial charge is 0.261 e. The topological polar surface area (TPSA) is 89.9 Å². The van der Waals surface area contributed by atoms with Gasteiger partial charge in [0.05, 0.1) is 28.3 Å². The number of rotatable bonds is 8. The largest absolute Gasteiger partial charge is 0.493 e. The van der Waals surface area contributed by atoms with E-state index in [4.69, 9.17) is 27.6 Å². The third-order valence-electron chi connectivity index (χ3n) is 4.71. The Morgan fingerprint density at radius 3 is 2.70 bits per heavy atom. The van der Waals surface area contributed by atoms with Gasteiger partial charge >= 0.3 is 0 Å². The number of fused-ring (bicyclic) bond motifs is 1. The zero-order chi connectivity index (χ0) is 22.1. The van der Waals surface area contributed by atoms with Crippen molar-refractivity contribution >= 4 is 43.0 Å². The molecule has 1 aromatic carbocycles. The molecule has 1 N–H and O–H groups in total. The van der Waals surface area contributed by atoms with Gasteiger partial charge in [0.1, 0.15) is 17.1 Å². The molecule has 2 heterocycles. The second kappa shape index (κ2) is 9.03. The molecule has 2 aromatic heterocycles. The van der Waals surface area contributed by atoms with Crippen LogP contribution in [-0.2, 0) is 22.5 Å². The lowest BCUT2D eigenvalue weighted by molar-refractivity contribution is 0.290. The SMILES string of the molecule is CCCc1nn(C)c2c(=S)nc(-c3cc(S(=O)(=O)Cl)ccc3OCCC(C)C)[nH]c12. The van der Waals surface area contributed by atoms with E-state index in [-0.39, 0.29) is 4.90 Å². The highest BCUT2D eigenvalue weighted by atomic mass is 35.7. The van der Waals surface area contributed by atoms with Crippen molar-refractivity contribution in [1.82, 2.24) is 19.7 Å². The van der Waals surface area contributed by atoms with E-state index in [0.29, 0.717) is 34.3 Å². The Balaban J connectivity index is 2.20. The number of aromatic amines is 1. The molecule has 3 rings (SSSR count). The van der Waals surface area contributed by atoms with E-state index in [1.165, 1.54) is 12.1 Å². The molecule has 0 amide bonds. The van der Waals surface area contributed by atoms with Gasteiger partial charge in [-0.2, -0.15) is 5.10 Å². The van der Waals surface area contributed by atoms with Crippen molar-refractivity contribution in [2.24, 2.45) is 13.0 Å². The van der Waals surface area contributed by atoms with Crippen molar-refractivity contribution in [2.45, 2.75) is 44.9 Å². The average Bonchev–Trinajstić information content (AvgIpc) is 2.97. The van der Waals surface area contributed by atoms with Crippen molar-refractivity contribution in [1.29, 1.82) is 0 Å². The second-order valence-corrected chi connectivity index (χ2v) is 10.5. The molecule has 0 atom stereocenters. The number of hydrogen-bond acceptors (Lipinski definition) is 6. The molecule has 0 saturated carbocycles. The van der Waals surface area contributed by atoms with Crippen LogP contribution in [0.5, 0.6) is 5.75 Å². The van der Waals surface area contributed by atoms with Crippen LogP contribution in [0, 0.1) is 10.6 Å². The Bertz CT molecular complexity index is 1230. The fourth-order valence-electron chi connectivity index (χ4n) is 3.17. The lowest BCUT2D eigenvalue weighted by atomic mass is 10.1. The quantitative estimate of drug-likeness (QED) is 0.369. The van der Waals surface area contributed by atoms with Gasteiger partial charge in [0.2, 0.25) is 0 Å². The summed E-state index contributed by atoms with van der Waals surface area (Å²) in [5.74, 6) is 1.40. The summed E-state index contributed by atoms with van der Waals surface area (Å²) in [5.41, 5.74) is 2.90. The first-order valence-electron chi connectivity index (χ1n) is 9.79. The Labute approximate surface area is 185 Å². The summed E-state index contributed by atoms with van der Waals surface area (Å²) in [7, 11) is 3.49. The number of benzene rings is 1. The summed E-state index contributed by atoms with van der Waals surface area (Å²) in [4.78, 5) is 7.78. The molecular formula is C20H25ClN4O3S2. The highest BCUT2D eigenvalue weighted by molar-refractivity contribution is 8.13. The van der Waals surface area contributed by atoms with Gasteiger partial charge in [0, 0.05) is 17.7 Å². The minimum Gasteiger partial charge on any atom is -0.493 e. The Morgan fingerprint density at radius 1 is 1.33 bits per heavy atom. The molecule has 0 aliphatic rings. The summed E-state index contributed by atoms with van der Waals surface area (Å²) in [6, 6.07) is 4.49. The monoisotopic (exact) mass is 468 g/mol. The maximum Gasteiger partial charge on any atom is 0.261 e. The van der Waals surface area contributed by atoms with E-state index in [1.807, 2.05) is 7.05 Å². The van der Waals surface area contributed by atoms with E-state index in [0.717, 1.165) is 36.0 Å². The van der Waals surface area contributed by atoms with Crippen molar-refractivity contribution in [3.05, 3.63) is 28.5 Å². The molecule has 0 spiro atoms. The van der Waals surface area contributed by atoms with Gasteiger partial charge in [-0.1, -0.05) is 39.4 Å². The highest BCUT2D eigenvalue weighted by Gasteiger charge is 2.19. The van der Waals surface area contributed by atoms with Gasteiger partial charge in [-0.25, -0.2) is 13.4 Å². The van der Waals surface area contributed by atoms with E-state index in [2.05, 4.69) is 35.8 Å². The van der Waals surface area contributed by atoms with Gasteiger partial charge in [0.15, 0.2) is 4.64 Å². The van der Waals surface area contributed by atoms with Crippen molar-refractivity contribution in [3.8, 4) is 17.1 Å². The predicted molar refractivity (Wildman–Crippen MR) is 121 cm³/mol. The highest BCUT2D eigenvalue weighted by Crippen LogP contribution is 2.33. The first kappa shape index (κ1) is 22.7. The van der Waals surface area contributed by atoms with Gasteiger partial charge < -0.3 is 9.72 Å². The molecule has 0 saturated heterocycles. The number of halogens is 1. The third-order valence-corrected chi connectivity index (χ3v) is 6.34. The molecule has 0 radical (unpaired) electrons. The number of hydrogen-bond donors (Lipinski definition) is 1. The van der Waals surface area contributed by atoms with E-state index < -0.39 is 9.05 Å². The van der Waals surface area contributed by atoms with Crippen LogP contribution < -0.4 is 4.74 Å². The summed E-state index contributed by atoms with van der Waals surface area (Å²) in [5, 5.41) is 4.55. The molecule has 0 fully saturated rings. The zero-order valence-corrected chi connectivity index (χ0v) is 19.8. The Kier molecular flexibility index (Phi) is 6.84. The lowest BCUT2D eigenvalue weighted by Crippen LogP contribution is -2.04. The number of H-pyrrole nitrogens is 1. The number of aromatic nitrogens is 4. The van der Waals surface area contributed by atoms with Crippen LogP contribution in [0.1, 0.15) is 39.3 Å². The molecule has 162 valence electrons. The molecular weight excluding hydrogens is 444 g/mol. The first-order valence-corrected chi connectivity index (χ1v) is 12.5. The Hall–Kier alpha value is -1.97. The molecule has 0 unspecified atom stereocenters. The standard InChI is InChI=1S/C20H25ClN4O3S2/c1-5-6-15-17-18(25(4)24-15)20(29)23-19(22-17)14-11-13(30(21,26)27)7-8-16(14)28-10-9-12(2)3/h7-8,11-12H,5-6,9-10H2,1-4H3,(H,22,23,29). The minimum atomic E-state index is -3.92. The molecule has 0 aliphatic carbocycles. The third kappa shape index (κ3) is 4.84. The van der Waals surface area contributed by atoms with Gasteiger partial charge in [-0.3, -0.25) is 4.68 Å². The number of nitrogens with one attached hydrogen (secondary N) is 1. The van der Waals surface area contributed by atoms with Crippen LogP contribution in [0.2, 0.25) is 0 Å². The van der Waals surface area contributed by atoms with Gasteiger partial charge in [-0.05, 0) is 37.0 Å². The zero-order valence-electron chi connectivity index (χ0n) is 17.4. The maximum absolute atomic E-state index is 11.9. The fourth-order valence-corrected chi connectivity index (χ4v) is 4.28. The molecule has 3 aromatic rings. The van der Waals surface area contributed by atoms with Gasteiger partial charge in [0.25, 0.3) is 9.05 Å². The molecule has 10 heteroatoms. The summed E-state index contributed by atoms with van der Waals surface area (Å²) in [6.07, 6.45) is 2.56. The summed E-state index contributed by atoms with van der Waals surface area (Å²) in [6.45, 7) is 6.79. The normalized spacial score (nSPS) is 12.1.